The number of carbonyl (C=O) groups is 1. The number of rotatable bonds is 5. The zero-order valence-corrected chi connectivity index (χ0v) is 13.9. The molecule has 0 atom stereocenters. The number of hydrogen-bond acceptors (Lipinski definition) is 3. The van der Waals surface area contributed by atoms with E-state index in [0.29, 0.717) is 6.42 Å². The minimum absolute atomic E-state index is 0.0343. The Morgan fingerprint density at radius 2 is 2.10 bits per heavy atom. The van der Waals surface area contributed by atoms with Gasteiger partial charge in [0.1, 0.15) is 0 Å². The second kappa shape index (κ2) is 6.90. The van der Waals surface area contributed by atoms with Crippen LogP contribution in [0.15, 0.2) is 33.4 Å². The zero-order valence-electron chi connectivity index (χ0n) is 11.5. The summed E-state index contributed by atoms with van der Waals surface area (Å²) >= 11 is 5.14. The van der Waals surface area contributed by atoms with E-state index in [0.717, 1.165) is 27.3 Å². The topological polar surface area (TPSA) is 41.1 Å². The molecule has 0 aliphatic carbocycles. The van der Waals surface area contributed by atoms with Gasteiger partial charge >= 0.3 is 0 Å². The van der Waals surface area contributed by atoms with Crippen molar-refractivity contribution < 1.29 is 4.79 Å². The third-order valence-electron chi connectivity index (χ3n) is 3.03. The Morgan fingerprint density at radius 1 is 1.35 bits per heavy atom. The molecule has 2 aromatic rings. The number of benzene rings is 1. The first-order chi connectivity index (χ1) is 9.60. The first-order valence-electron chi connectivity index (χ1n) is 6.46. The van der Waals surface area contributed by atoms with Crippen molar-refractivity contribution in [3.63, 3.8) is 0 Å². The van der Waals surface area contributed by atoms with Gasteiger partial charge in [-0.25, -0.2) is 0 Å². The minimum Gasteiger partial charge on any atom is -0.381 e. The largest absolute Gasteiger partial charge is 0.381 e. The number of anilines is 2. The molecular formula is C15H17BrN2OS. The molecule has 106 valence electrons. The normalized spacial score (nSPS) is 10.3. The summed E-state index contributed by atoms with van der Waals surface area (Å²) in [5.41, 5.74) is 4.21. The fourth-order valence-electron chi connectivity index (χ4n) is 1.84. The Bertz CT molecular complexity index is 610. The Kier molecular flexibility index (Phi) is 5.20. The summed E-state index contributed by atoms with van der Waals surface area (Å²) in [6.45, 7) is 4.63. The van der Waals surface area contributed by atoms with Crippen LogP contribution in [0.4, 0.5) is 11.4 Å². The molecule has 0 saturated carbocycles. The van der Waals surface area contributed by atoms with Crippen molar-refractivity contribution in [1.82, 2.24) is 0 Å². The number of hydrogen-bond donors (Lipinski definition) is 2. The molecule has 1 amide bonds. The maximum Gasteiger partial charge on any atom is 0.224 e. The van der Waals surface area contributed by atoms with E-state index in [1.807, 2.05) is 32.0 Å². The van der Waals surface area contributed by atoms with Gasteiger partial charge in [0.05, 0.1) is 3.79 Å². The average molecular weight is 353 g/mol. The van der Waals surface area contributed by atoms with Crippen molar-refractivity contribution in [2.24, 2.45) is 0 Å². The van der Waals surface area contributed by atoms with Gasteiger partial charge < -0.3 is 10.6 Å². The predicted octanol–water partition coefficient (Wildman–Crippen LogP) is 4.78. The quantitative estimate of drug-likeness (QED) is 0.812. The highest BCUT2D eigenvalue weighted by atomic mass is 79.9. The monoisotopic (exact) mass is 352 g/mol. The standard InChI is InChI=1S/C15H17BrN2OS/c1-3-15(19)18-13-6-4-5-12(10(13)2)17-8-11-7-14(16)20-9-11/h4-7,9,17H,3,8H2,1-2H3,(H,18,19). The summed E-state index contributed by atoms with van der Waals surface area (Å²) in [6.07, 6.45) is 0.486. The Labute approximate surface area is 131 Å². The second-order valence-electron chi connectivity index (χ2n) is 4.49. The minimum atomic E-state index is 0.0343. The molecule has 0 fully saturated rings. The Balaban J connectivity index is 2.08. The van der Waals surface area contributed by atoms with E-state index >= 15 is 0 Å². The van der Waals surface area contributed by atoms with Crippen LogP contribution >= 0.6 is 27.3 Å². The summed E-state index contributed by atoms with van der Waals surface area (Å²) in [5, 5.41) is 8.45. The van der Waals surface area contributed by atoms with E-state index in [-0.39, 0.29) is 5.91 Å². The molecule has 0 spiro atoms. The highest BCUT2D eigenvalue weighted by molar-refractivity contribution is 9.11. The zero-order chi connectivity index (χ0) is 14.5. The Hall–Kier alpha value is -1.33. The van der Waals surface area contributed by atoms with Gasteiger partial charge in [-0.15, -0.1) is 11.3 Å². The summed E-state index contributed by atoms with van der Waals surface area (Å²) in [4.78, 5) is 11.5. The summed E-state index contributed by atoms with van der Waals surface area (Å²) in [5.74, 6) is 0.0343. The van der Waals surface area contributed by atoms with Gasteiger partial charge in [0.15, 0.2) is 0 Å². The molecule has 2 rings (SSSR count). The lowest BCUT2D eigenvalue weighted by Crippen LogP contribution is -2.11. The molecule has 0 radical (unpaired) electrons. The number of carbonyl (C=O) groups excluding carboxylic acids is 1. The van der Waals surface area contributed by atoms with Gasteiger partial charge in [-0.3, -0.25) is 4.79 Å². The maximum absolute atomic E-state index is 11.5. The van der Waals surface area contributed by atoms with Crippen molar-refractivity contribution in [2.45, 2.75) is 26.8 Å². The summed E-state index contributed by atoms with van der Waals surface area (Å²) in [7, 11) is 0. The lowest BCUT2D eigenvalue weighted by molar-refractivity contribution is -0.115. The van der Waals surface area contributed by atoms with Crippen LogP contribution in [0.1, 0.15) is 24.5 Å². The van der Waals surface area contributed by atoms with Crippen molar-refractivity contribution >= 4 is 44.5 Å². The van der Waals surface area contributed by atoms with Crippen molar-refractivity contribution in [1.29, 1.82) is 0 Å². The maximum atomic E-state index is 11.5. The smallest absolute Gasteiger partial charge is 0.224 e. The van der Waals surface area contributed by atoms with Crippen molar-refractivity contribution in [3.05, 3.63) is 44.6 Å². The van der Waals surface area contributed by atoms with E-state index in [2.05, 4.69) is 38.0 Å². The molecule has 5 heteroatoms. The van der Waals surface area contributed by atoms with Crippen LogP contribution in [0, 0.1) is 6.92 Å². The Morgan fingerprint density at radius 3 is 2.75 bits per heavy atom. The van der Waals surface area contributed by atoms with Gasteiger partial charge in [0, 0.05) is 24.3 Å². The molecule has 0 bridgehead atoms. The second-order valence-corrected chi connectivity index (χ2v) is 6.78. The van der Waals surface area contributed by atoms with E-state index in [1.54, 1.807) is 11.3 Å². The van der Waals surface area contributed by atoms with Crippen LogP contribution in [-0.4, -0.2) is 5.91 Å². The summed E-state index contributed by atoms with van der Waals surface area (Å²) in [6, 6.07) is 8.01. The van der Waals surface area contributed by atoms with E-state index in [4.69, 9.17) is 0 Å². The molecule has 3 nitrogen and oxygen atoms in total. The fourth-order valence-corrected chi connectivity index (χ4v) is 3.05. The number of halogens is 1. The first kappa shape index (κ1) is 15.1. The highest BCUT2D eigenvalue weighted by Crippen LogP contribution is 2.25. The molecule has 1 aromatic carbocycles. The van der Waals surface area contributed by atoms with Crippen molar-refractivity contribution in [2.75, 3.05) is 10.6 Å². The van der Waals surface area contributed by atoms with E-state index < -0.39 is 0 Å². The third kappa shape index (κ3) is 3.84. The molecule has 1 aromatic heterocycles. The molecular weight excluding hydrogens is 336 g/mol. The lowest BCUT2D eigenvalue weighted by atomic mass is 10.1. The van der Waals surface area contributed by atoms with Gasteiger partial charge in [-0.2, -0.15) is 0 Å². The molecule has 0 aliphatic heterocycles. The van der Waals surface area contributed by atoms with Crippen LogP contribution in [0.2, 0.25) is 0 Å². The van der Waals surface area contributed by atoms with Crippen LogP contribution in [-0.2, 0) is 11.3 Å². The van der Waals surface area contributed by atoms with Crippen LogP contribution in [0.3, 0.4) is 0 Å². The number of thiophene rings is 1. The van der Waals surface area contributed by atoms with Crippen molar-refractivity contribution in [3.8, 4) is 0 Å². The lowest BCUT2D eigenvalue weighted by Gasteiger charge is -2.13. The SMILES string of the molecule is CCC(=O)Nc1cccc(NCc2csc(Br)c2)c1C. The van der Waals surface area contributed by atoms with Crippen LogP contribution in [0.25, 0.3) is 0 Å². The first-order valence-corrected chi connectivity index (χ1v) is 8.13. The van der Waals surface area contributed by atoms with E-state index in [1.165, 1.54) is 5.56 Å². The summed E-state index contributed by atoms with van der Waals surface area (Å²) < 4.78 is 1.13. The fraction of sp³-hybridized carbons (Fsp3) is 0.267. The molecule has 1 heterocycles. The van der Waals surface area contributed by atoms with Crippen LogP contribution in [0.5, 0.6) is 0 Å². The molecule has 20 heavy (non-hydrogen) atoms. The highest BCUT2D eigenvalue weighted by Gasteiger charge is 2.06. The number of nitrogens with one attached hydrogen (secondary N) is 2. The molecule has 2 N–H and O–H groups in total. The third-order valence-corrected chi connectivity index (χ3v) is 4.59. The molecule has 0 unspecified atom stereocenters. The predicted molar refractivity (Wildman–Crippen MR) is 89.4 cm³/mol. The molecule has 0 aliphatic rings. The van der Waals surface area contributed by atoms with Gasteiger partial charge in [-0.1, -0.05) is 13.0 Å². The average Bonchev–Trinajstić information content (AvgIpc) is 2.85. The number of amides is 1. The van der Waals surface area contributed by atoms with Gasteiger partial charge in [0.2, 0.25) is 5.91 Å². The van der Waals surface area contributed by atoms with E-state index in [9.17, 15) is 4.79 Å². The molecule has 0 saturated heterocycles. The van der Waals surface area contributed by atoms with Gasteiger partial charge in [0.25, 0.3) is 0 Å². The van der Waals surface area contributed by atoms with Crippen LogP contribution < -0.4 is 10.6 Å². The van der Waals surface area contributed by atoms with Gasteiger partial charge in [-0.05, 0) is 57.6 Å².